The van der Waals surface area contributed by atoms with Crippen LogP contribution in [0.4, 0.5) is 22.0 Å². The van der Waals surface area contributed by atoms with Gasteiger partial charge in [-0.05, 0) is 22.0 Å². The molecule has 0 amide bonds. The van der Waals surface area contributed by atoms with Gasteiger partial charge in [0.1, 0.15) is 5.69 Å². The van der Waals surface area contributed by atoms with Crippen LogP contribution in [0.5, 0.6) is 0 Å². The maximum absolute atomic E-state index is 12.5. The Morgan fingerprint density at radius 3 is 2.25 bits per heavy atom. The van der Waals surface area contributed by atoms with Gasteiger partial charge in [-0.3, -0.25) is 0 Å². The number of pyridine rings is 1. The molecule has 1 nitrogen and oxygen atoms in total. The topological polar surface area (TPSA) is 12.9 Å². The predicted molar refractivity (Wildman–Crippen MR) is 54.5 cm³/mol. The van der Waals surface area contributed by atoms with Gasteiger partial charge in [0.25, 0.3) is 6.43 Å². The van der Waals surface area contributed by atoms with E-state index in [0.717, 1.165) is 0 Å². The molecule has 0 aromatic carbocycles. The van der Waals surface area contributed by atoms with E-state index >= 15 is 0 Å². The summed E-state index contributed by atoms with van der Waals surface area (Å²) in [6.45, 7) is 0. The van der Waals surface area contributed by atoms with Crippen molar-refractivity contribution < 1.29 is 22.0 Å². The number of nitrogens with zero attached hydrogens (tertiary/aromatic N) is 1. The highest BCUT2D eigenvalue weighted by Crippen LogP contribution is 2.36. The zero-order chi connectivity index (χ0) is 12.5. The van der Waals surface area contributed by atoms with Gasteiger partial charge in [0.15, 0.2) is 0 Å². The monoisotopic (exact) mass is 367 g/mol. The Kier molecular flexibility index (Phi) is 4.28. The lowest BCUT2D eigenvalue weighted by atomic mass is 10.2. The highest BCUT2D eigenvalue weighted by molar-refractivity contribution is 9.10. The number of alkyl halides is 6. The number of hydrogen-bond donors (Lipinski definition) is 0. The Balaban J connectivity index is 3.40. The zero-order valence-electron chi connectivity index (χ0n) is 7.45. The van der Waals surface area contributed by atoms with Gasteiger partial charge in [0.2, 0.25) is 0 Å². The van der Waals surface area contributed by atoms with Crippen molar-refractivity contribution in [2.45, 2.75) is 17.9 Å². The number of aromatic nitrogens is 1. The normalized spacial score (nSPS) is 12.2. The van der Waals surface area contributed by atoms with Crippen LogP contribution < -0.4 is 0 Å². The first-order valence-electron chi connectivity index (χ1n) is 3.88. The van der Waals surface area contributed by atoms with Crippen LogP contribution in [-0.2, 0) is 11.5 Å². The average Bonchev–Trinajstić information content (AvgIpc) is 2.15. The minimum atomic E-state index is -4.73. The Labute approximate surface area is 104 Å². The fourth-order valence-electron chi connectivity index (χ4n) is 0.997. The van der Waals surface area contributed by atoms with E-state index < -0.39 is 23.9 Å². The van der Waals surface area contributed by atoms with Crippen molar-refractivity contribution >= 4 is 31.9 Å². The third kappa shape index (κ3) is 2.91. The molecule has 1 aromatic heterocycles. The second-order valence-electron chi connectivity index (χ2n) is 2.79. The van der Waals surface area contributed by atoms with Crippen LogP contribution in [0.3, 0.4) is 0 Å². The summed E-state index contributed by atoms with van der Waals surface area (Å²) in [6.07, 6.45) is -7.72. The largest absolute Gasteiger partial charge is 0.433 e. The van der Waals surface area contributed by atoms with Crippen LogP contribution in [0.2, 0.25) is 0 Å². The maximum Gasteiger partial charge on any atom is 0.433 e. The lowest BCUT2D eigenvalue weighted by Gasteiger charge is -2.12. The van der Waals surface area contributed by atoms with Gasteiger partial charge in [-0.2, -0.15) is 13.2 Å². The molecule has 90 valence electrons. The molecule has 0 spiro atoms. The summed E-state index contributed by atoms with van der Waals surface area (Å²) >= 11 is 5.69. The summed E-state index contributed by atoms with van der Waals surface area (Å²) in [5.41, 5.74) is -2.14. The molecule has 0 atom stereocenters. The van der Waals surface area contributed by atoms with Crippen molar-refractivity contribution in [2.24, 2.45) is 0 Å². The van der Waals surface area contributed by atoms with Gasteiger partial charge in [0.05, 0.1) is 5.69 Å². The van der Waals surface area contributed by atoms with Crippen molar-refractivity contribution in [3.05, 3.63) is 27.5 Å². The summed E-state index contributed by atoms with van der Waals surface area (Å²) < 4.78 is 61.9. The summed E-state index contributed by atoms with van der Waals surface area (Å²) in [5, 5.41) is -0.0444. The summed E-state index contributed by atoms with van der Waals surface area (Å²) in [4.78, 5) is 3.25. The molecule has 0 radical (unpaired) electrons. The quantitative estimate of drug-likeness (QED) is 0.545. The van der Waals surface area contributed by atoms with E-state index in [2.05, 4.69) is 36.8 Å². The second kappa shape index (κ2) is 4.95. The molecule has 1 aromatic rings. The molecule has 1 rings (SSSR count). The molecule has 0 saturated heterocycles. The molecule has 16 heavy (non-hydrogen) atoms. The van der Waals surface area contributed by atoms with Crippen molar-refractivity contribution in [1.29, 1.82) is 0 Å². The van der Waals surface area contributed by atoms with Crippen LogP contribution in [0.25, 0.3) is 0 Å². The molecular formula is C8H4Br2F5N. The third-order valence-electron chi connectivity index (χ3n) is 1.71. The molecular weight excluding hydrogens is 365 g/mol. The smallest absolute Gasteiger partial charge is 0.246 e. The first-order valence-corrected chi connectivity index (χ1v) is 5.79. The molecule has 0 aliphatic heterocycles. The molecule has 0 aliphatic rings. The number of rotatable bonds is 2. The first-order chi connectivity index (χ1) is 7.27. The van der Waals surface area contributed by atoms with E-state index in [1.54, 1.807) is 0 Å². The molecule has 0 saturated carbocycles. The van der Waals surface area contributed by atoms with Gasteiger partial charge in [-0.1, -0.05) is 15.9 Å². The highest BCUT2D eigenvalue weighted by atomic mass is 79.9. The standard InChI is InChI=1S/C8H4Br2F5N/c9-2-4-6(10)3(7(11)12)1-5(16-4)8(13,14)15/h1,7H,2H2. The van der Waals surface area contributed by atoms with Crippen LogP contribution in [0.15, 0.2) is 10.5 Å². The SMILES string of the molecule is FC(F)c1cc(C(F)(F)F)nc(CBr)c1Br. The van der Waals surface area contributed by atoms with E-state index in [9.17, 15) is 22.0 Å². The van der Waals surface area contributed by atoms with Gasteiger partial charge in [-0.25, -0.2) is 13.8 Å². The van der Waals surface area contributed by atoms with Crippen molar-refractivity contribution in [1.82, 2.24) is 4.98 Å². The summed E-state index contributed by atoms with van der Waals surface area (Å²) in [6, 6.07) is 0.348. The zero-order valence-corrected chi connectivity index (χ0v) is 10.6. The average molecular weight is 369 g/mol. The van der Waals surface area contributed by atoms with E-state index in [0.29, 0.717) is 6.07 Å². The third-order valence-corrected chi connectivity index (χ3v) is 3.15. The molecule has 1 heterocycles. The van der Waals surface area contributed by atoms with Crippen molar-refractivity contribution in [3.8, 4) is 0 Å². The summed E-state index contributed by atoms with van der Waals surface area (Å²) in [7, 11) is 0. The van der Waals surface area contributed by atoms with Crippen LogP contribution >= 0.6 is 31.9 Å². The second-order valence-corrected chi connectivity index (χ2v) is 4.14. The summed E-state index contributed by atoms with van der Waals surface area (Å²) in [5.74, 6) is 0. The Hall–Kier alpha value is -0.240. The van der Waals surface area contributed by atoms with Gasteiger partial charge < -0.3 is 0 Å². The Morgan fingerprint density at radius 2 is 1.88 bits per heavy atom. The molecule has 0 N–H and O–H groups in total. The fourth-order valence-corrected chi connectivity index (χ4v) is 2.29. The Bertz CT molecular complexity index is 391. The Morgan fingerprint density at radius 1 is 1.31 bits per heavy atom. The van der Waals surface area contributed by atoms with Crippen molar-refractivity contribution in [2.75, 3.05) is 0 Å². The van der Waals surface area contributed by atoms with Crippen molar-refractivity contribution in [3.63, 3.8) is 0 Å². The van der Waals surface area contributed by atoms with Gasteiger partial charge in [0, 0.05) is 15.4 Å². The predicted octanol–water partition coefficient (Wildman–Crippen LogP) is 4.70. The molecule has 0 aliphatic carbocycles. The van der Waals surface area contributed by atoms with Gasteiger partial charge in [-0.15, -0.1) is 0 Å². The maximum atomic E-state index is 12.5. The number of halogens is 7. The molecule has 0 bridgehead atoms. The van der Waals surface area contributed by atoms with Crippen LogP contribution in [0, 0.1) is 0 Å². The lowest BCUT2D eigenvalue weighted by Crippen LogP contribution is -2.11. The van der Waals surface area contributed by atoms with E-state index in [-0.39, 0.29) is 15.5 Å². The van der Waals surface area contributed by atoms with E-state index in [4.69, 9.17) is 0 Å². The van der Waals surface area contributed by atoms with E-state index in [1.165, 1.54) is 0 Å². The fraction of sp³-hybridized carbons (Fsp3) is 0.375. The van der Waals surface area contributed by atoms with Crippen LogP contribution in [0.1, 0.15) is 23.4 Å². The molecule has 0 unspecified atom stereocenters. The highest BCUT2D eigenvalue weighted by Gasteiger charge is 2.34. The number of hydrogen-bond acceptors (Lipinski definition) is 1. The molecule has 8 heteroatoms. The van der Waals surface area contributed by atoms with Gasteiger partial charge >= 0.3 is 6.18 Å². The molecule has 0 fully saturated rings. The lowest BCUT2D eigenvalue weighted by molar-refractivity contribution is -0.141. The minimum absolute atomic E-state index is 0.0444. The minimum Gasteiger partial charge on any atom is -0.246 e. The van der Waals surface area contributed by atoms with Crippen LogP contribution in [-0.4, -0.2) is 4.98 Å². The van der Waals surface area contributed by atoms with E-state index in [1.807, 2.05) is 0 Å². The first kappa shape index (κ1) is 13.8.